The van der Waals surface area contributed by atoms with Crippen LogP contribution in [0.5, 0.6) is 0 Å². The number of aromatic nitrogens is 1. The van der Waals surface area contributed by atoms with Crippen molar-refractivity contribution in [3.8, 4) is 0 Å². The molecule has 1 rings (SSSR count). The van der Waals surface area contributed by atoms with Gasteiger partial charge in [-0.15, -0.1) is 0 Å². The number of unbranched alkanes of at least 4 members (excludes halogenated alkanes) is 1. The largest absolute Gasteiger partial charge is 0.444 e. The Labute approximate surface area is 127 Å². The van der Waals surface area contributed by atoms with E-state index in [-0.39, 0.29) is 0 Å². The van der Waals surface area contributed by atoms with E-state index in [4.69, 9.17) is 9.15 Å². The summed E-state index contributed by atoms with van der Waals surface area (Å²) < 4.78 is 10.8. The van der Waals surface area contributed by atoms with Gasteiger partial charge in [0.1, 0.15) is 12.3 Å². The molecule has 6 heteroatoms. The fraction of sp³-hybridized carbons (Fsp3) is 0.733. The third kappa shape index (κ3) is 7.13. The van der Waals surface area contributed by atoms with Gasteiger partial charge in [-0.2, -0.15) is 0 Å². The topological polar surface area (TPSA) is 71.7 Å². The smallest absolute Gasteiger partial charge is 0.216 e. The van der Waals surface area contributed by atoms with Crippen LogP contribution in [-0.2, 0) is 11.3 Å². The van der Waals surface area contributed by atoms with Crippen molar-refractivity contribution in [1.29, 1.82) is 0 Å². The fourth-order valence-electron chi connectivity index (χ4n) is 1.78. The zero-order valence-electron chi connectivity index (χ0n) is 13.7. The third-order valence-corrected chi connectivity index (χ3v) is 3.00. The summed E-state index contributed by atoms with van der Waals surface area (Å²) in [5, 5.41) is 6.52. The Hall–Kier alpha value is -1.56. The van der Waals surface area contributed by atoms with Crippen molar-refractivity contribution in [2.45, 2.75) is 47.1 Å². The number of guanidine groups is 1. The van der Waals surface area contributed by atoms with Gasteiger partial charge in [0.15, 0.2) is 5.96 Å². The molecular weight excluding hydrogens is 268 g/mol. The molecule has 0 aromatic carbocycles. The highest BCUT2D eigenvalue weighted by Gasteiger charge is 2.05. The van der Waals surface area contributed by atoms with Gasteiger partial charge in [-0.1, -0.05) is 0 Å². The van der Waals surface area contributed by atoms with Gasteiger partial charge in [0.25, 0.3) is 0 Å². The molecule has 6 nitrogen and oxygen atoms in total. The molecule has 0 spiro atoms. The van der Waals surface area contributed by atoms with Gasteiger partial charge < -0.3 is 19.8 Å². The SMILES string of the molecule is CCNC(=NCc1nc(C)c(C)o1)NCCCCOCC. The van der Waals surface area contributed by atoms with Gasteiger partial charge in [-0.25, -0.2) is 9.98 Å². The summed E-state index contributed by atoms with van der Waals surface area (Å²) in [7, 11) is 0. The van der Waals surface area contributed by atoms with Gasteiger partial charge >= 0.3 is 0 Å². The Morgan fingerprint density at radius 3 is 2.67 bits per heavy atom. The van der Waals surface area contributed by atoms with Crippen LogP contribution in [-0.4, -0.2) is 37.2 Å². The molecule has 2 N–H and O–H groups in total. The molecule has 0 fully saturated rings. The monoisotopic (exact) mass is 296 g/mol. The Morgan fingerprint density at radius 2 is 2.05 bits per heavy atom. The number of aryl methyl sites for hydroxylation is 2. The quantitative estimate of drug-likeness (QED) is 0.415. The maximum absolute atomic E-state index is 5.52. The number of nitrogens with zero attached hydrogens (tertiary/aromatic N) is 2. The van der Waals surface area contributed by atoms with Gasteiger partial charge in [-0.05, 0) is 40.5 Å². The minimum atomic E-state index is 0.447. The zero-order valence-corrected chi connectivity index (χ0v) is 13.7. The van der Waals surface area contributed by atoms with E-state index in [1.807, 2.05) is 27.7 Å². The molecule has 0 aliphatic carbocycles. The molecular formula is C15H28N4O2. The highest BCUT2D eigenvalue weighted by atomic mass is 16.5. The molecule has 21 heavy (non-hydrogen) atoms. The summed E-state index contributed by atoms with van der Waals surface area (Å²) in [6.07, 6.45) is 2.11. The standard InChI is InChI=1S/C15H28N4O2/c1-5-16-15(17-9-7-8-10-20-6-2)18-11-14-19-12(3)13(4)21-14/h5-11H2,1-4H3,(H2,16,17,18). The lowest BCUT2D eigenvalue weighted by Crippen LogP contribution is -2.37. The molecule has 0 saturated carbocycles. The van der Waals surface area contributed by atoms with E-state index in [1.165, 1.54) is 0 Å². The molecule has 120 valence electrons. The Bertz CT molecular complexity index is 410. The minimum Gasteiger partial charge on any atom is -0.444 e. The Balaban J connectivity index is 2.35. The summed E-state index contributed by atoms with van der Waals surface area (Å²) in [5.74, 6) is 2.30. The Morgan fingerprint density at radius 1 is 1.24 bits per heavy atom. The summed E-state index contributed by atoms with van der Waals surface area (Å²) in [4.78, 5) is 8.81. The number of aliphatic imine (C=N–C) groups is 1. The average molecular weight is 296 g/mol. The van der Waals surface area contributed by atoms with Crippen LogP contribution in [0.15, 0.2) is 9.41 Å². The van der Waals surface area contributed by atoms with E-state index in [9.17, 15) is 0 Å². The van der Waals surface area contributed by atoms with Crippen molar-refractivity contribution in [2.75, 3.05) is 26.3 Å². The normalized spacial score (nSPS) is 11.7. The molecule has 0 atom stereocenters. The molecule has 1 aromatic rings. The second kappa shape index (κ2) is 10.2. The first-order valence-electron chi connectivity index (χ1n) is 7.70. The first-order chi connectivity index (χ1) is 10.2. The van der Waals surface area contributed by atoms with Crippen molar-refractivity contribution in [1.82, 2.24) is 15.6 Å². The molecule has 0 radical (unpaired) electrons. The fourth-order valence-corrected chi connectivity index (χ4v) is 1.78. The van der Waals surface area contributed by atoms with Crippen LogP contribution in [0.3, 0.4) is 0 Å². The predicted octanol–water partition coefficient (Wildman–Crippen LogP) is 2.16. The lowest BCUT2D eigenvalue weighted by atomic mass is 10.3. The van der Waals surface area contributed by atoms with Gasteiger partial charge in [-0.3, -0.25) is 0 Å². The van der Waals surface area contributed by atoms with Crippen LogP contribution in [0.25, 0.3) is 0 Å². The van der Waals surface area contributed by atoms with Crippen molar-refractivity contribution in [3.05, 3.63) is 17.3 Å². The third-order valence-electron chi connectivity index (χ3n) is 3.00. The molecule has 1 heterocycles. The highest BCUT2D eigenvalue weighted by Crippen LogP contribution is 2.08. The molecule has 0 bridgehead atoms. The summed E-state index contributed by atoms with van der Waals surface area (Å²) >= 11 is 0. The minimum absolute atomic E-state index is 0.447. The number of rotatable bonds is 9. The maximum atomic E-state index is 5.52. The van der Waals surface area contributed by atoms with Gasteiger partial charge in [0.05, 0.1) is 5.69 Å². The molecule has 0 saturated heterocycles. The van der Waals surface area contributed by atoms with Crippen molar-refractivity contribution < 1.29 is 9.15 Å². The lowest BCUT2D eigenvalue weighted by Gasteiger charge is -2.10. The van der Waals surface area contributed by atoms with Crippen LogP contribution >= 0.6 is 0 Å². The maximum Gasteiger partial charge on any atom is 0.216 e. The molecule has 0 aliphatic rings. The van der Waals surface area contributed by atoms with Crippen molar-refractivity contribution in [2.24, 2.45) is 4.99 Å². The van der Waals surface area contributed by atoms with Crippen LogP contribution in [0, 0.1) is 13.8 Å². The second-order valence-electron chi connectivity index (χ2n) is 4.78. The summed E-state index contributed by atoms with van der Waals surface area (Å²) in [5.41, 5.74) is 0.925. The van der Waals surface area contributed by atoms with Crippen LogP contribution in [0.1, 0.15) is 44.0 Å². The van der Waals surface area contributed by atoms with Crippen molar-refractivity contribution in [3.63, 3.8) is 0 Å². The zero-order chi connectivity index (χ0) is 15.5. The molecule has 1 aromatic heterocycles. The first-order valence-corrected chi connectivity index (χ1v) is 7.70. The van der Waals surface area contributed by atoms with E-state index in [1.54, 1.807) is 0 Å². The van der Waals surface area contributed by atoms with E-state index >= 15 is 0 Å². The molecule has 0 unspecified atom stereocenters. The van der Waals surface area contributed by atoms with Crippen molar-refractivity contribution >= 4 is 5.96 Å². The number of hydrogen-bond donors (Lipinski definition) is 2. The number of nitrogens with one attached hydrogen (secondary N) is 2. The van der Waals surface area contributed by atoms with E-state index < -0.39 is 0 Å². The van der Waals surface area contributed by atoms with Crippen LogP contribution in [0.2, 0.25) is 0 Å². The van der Waals surface area contributed by atoms with Crippen LogP contribution in [0.4, 0.5) is 0 Å². The number of ether oxygens (including phenoxy) is 1. The van der Waals surface area contributed by atoms with E-state index in [2.05, 4.69) is 20.6 Å². The lowest BCUT2D eigenvalue weighted by molar-refractivity contribution is 0.143. The molecule has 0 aliphatic heterocycles. The second-order valence-corrected chi connectivity index (χ2v) is 4.78. The summed E-state index contributed by atoms with van der Waals surface area (Å²) in [6.45, 7) is 11.7. The average Bonchev–Trinajstić information content (AvgIpc) is 2.79. The molecule has 0 amide bonds. The Kier molecular flexibility index (Phi) is 8.50. The van der Waals surface area contributed by atoms with E-state index in [0.29, 0.717) is 12.4 Å². The van der Waals surface area contributed by atoms with Gasteiger partial charge in [0, 0.05) is 26.3 Å². The van der Waals surface area contributed by atoms with Crippen LogP contribution < -0.4 is 10.6 Å². The van der Waals surface area contributed by atoms with E-state index in [0.717, 1.165) is 56.6 Å². The highest BCUT2D eigenvalue weighted by molar-refractivity contribution is 5.79. The number of hydrogen-bond acceptors (Lipinski definition) is 4. The number of oxazole rings is 1. The predicted molar refractivity (Wildman–Crippen MR) is 84.5 cm³/mol. The van der Waals surface area contributed by atoms with Gasteiger partial charge in [0.2, 0.25) is 5.89 Å². The summed E-state index contributed by atoms with van der Waals surface area (Å²) in [6, 6.07) is 0. The first kappa shape index (κ1) is 17.5.